The van der Waals surface area contributed by atoms with Crippen molar-refractivity contribution in [3.8, 4) is 0 Å². The van der Waals surface area contributed by atoms with E-state index in [0.29, 0.717) is 11.4 Å². The highest BCUT2D eigenvalue weighted by atomic mass is 16.2. The van der Waals surface area contributed by atoms with Gasteiger partial charge in [0.15, 0.2) is 0 Å². The maximum Gasteiger partial charge on any atom is 0.251 e. The topological polar surface area (TPSA) is 80.2 Å². The maximum atomic E-state index is 12.5. The zero-order valence-corrected chi connectivity index (χ0v) is 15.5. The predicted octanol–water partition coefficient (Wildman–Crippen LogP) is 3.22. The van der Waals surface area contributed by atoms with Crippen molar-refractivity contribution in [1.29, 1.82) is 0 Å². The minimum absolute atomic E-state index is 0.0755. The highest BCUT2D eigenvalue weighted by Gasteiger charge is 2.12. The van der Waals surface area contributed by atoms with Crippen molar-refractivity contribution in [2.45, 2.75) is 27.3 Å². The van der Waals surface area contributed by atoms with Crippen LogP contribution in [0.3, 0.4) is 0 Å². The Morgan fingerprint density at radius 2 is 1.56 bits per heavy atom. The number of aromatic nitrogens is 1. The molecule has 1 heterocycles. The van der Waals surface area contributed by atoms with Gasteiger partial charge in [-0.2, -0.15) is 0 Å². The Kier molecular flexibility index (Phi) is 5.07. The second-order valence-electron chi connectivity index (χ2n) is 6.53. The van der Waals surface area contributed by atoms with Crippen LogP contribution in [0.25, 0.3) is 10.9 Å². The van der Waals surface area contributed by atoms with Gasteiger partial charge in [0.1, 0.15) is 6.54 Å². The summed E-state index contributed by atoms with van der Waals surface area (Å²) in [6, 6.07) is 14.2. The molecule has 3 aromatic rings. The summed E-state index contributed by atoms with van der Waals surface area (Å²) in [5.74, 6) is -0.453. The minimum Gasteiger partial charge on any atom is -0.326 e. The first-order valence-corrected chi connectivity index (χ1v) is 8.62. The Morgan fingerprint density at radius 3 is 2.19 bits per heavy atom. The molecule has 2 aromatic carbocycles. The molecule has 0 atom stereocenters. The molecule has 2 N–H and O–H groups in total. The molecular formula is C21H21N3O3. The van der Waals surface area contributed by atoms with E-state index in [1.807, 2.05) is 32.0 Å². The van der Waals surface area contributed by atoms with Crippen molar-refractivity contribution in [3.63, 3.8) is 0 Å². The van der Waals surface area contributed by atoms with Gasteiger partial charge in [0.25, 0.3) is 5.56 Å². The molecule has 2 amide bonds. The molecule has 0 fully saturated rings. The number of pyridine rings is 1. The van der Waals surface area contributed by atoms with Gasteiger partial charge in [0, 0.05) is 29.8 Å². The lowest BCUT2D eigenvalue weighted by atomic mass is 10.1. The lowest BCUT2D eigenvalue weighted by Gasteiger charge is -2.14. The fourth-order valence-electron chi connectivity index (χ4n) is 3.13. The minimum atomic E-state index is -0.294. The van der Waals surface area contributed by atoms with Crippen LogP contribution in [-0.4, -0.2) is 16.4 Å². The summed E-state index contributed by atoms with van der Waals surface area (Å²) in [6.07, 6.45) is 0. The second kappa shape index (κ2) is 7.45. The van der Waals surface area contributed by atoms with E-state index in [9.17, 15) is 14.4 Å². The summed E-state index contributed by atoms with van der Waals surface area (Å²) >= 11 is 0. The lowest BCUT2D eigenvalue weighted by Crippen LogP contribution is -2.28. The van der Waals surface area contributed by atoms with Crippen LogP contribution in [0, 0.1) is 13.8 Å². The monoisotopic (exact) mass is 363 g/mol. The number of para-hydroxylation sites is 1. The van der Waals surface area contributed by atoms with E-state index in [0.717, 1.165) is 22.0 Å². The van der Waals surface area contributed by atoms with E-state index < -0.39 is 0 Å². The normalized spacial score (nSPS) is 10.6. The van der Waals surface area contributed by atoms with Crippen molar-refractivity contribution in [2.24, 2.45) is 0 Å². The molecule has 0 aliphatic heterocycles. The summed E-state index contributed by atoms with van der Waals surface area (Å²) in [4.78, 5) is 36.0. The molecule has 1 aromatic heterocycles. The molecule has 0 radical (unpaired) electrons. The van der Waals surface area contributed by atoms with E-state index in [-0.39, 0.29) is 23.9 Å². The predicted molar refractivity (Wildman–Crippen MR) is 107 cm³/mol. The van der Waals surface area contributed by atoms with Gasteiger partial charge in [0.2, 0.25) is 11.8 Å². The molecule has 27 heavy (non-hydrogen) atoms. The SMILES string of the molecule is CC(=O)Nc1ccc(NC(=O)Cn2c(=O)cc(C)c3cccc(C)c32)cc1. The van der Waals surface area contributed by atoms with Gasteiger partial charge in [-0.05, 0) is 49.2 Å². The third-order valence-electron chi connectivity index (χ3n) is 4.33. The summed E-state index contributed by atoms with van der Waals surface area (Å²) in [7, 11) is 0. The van der Waals surface area contributed by atoms with Crippen molar-refractivity contribution >= 4 is 34.1 Å². The average Bonchev–Trinajstić information content (AvgIpc) is 2.60. The van der Waals surface area contributed by atoms with Crippen LogP contribution < -0.4 is 16.2 Å². The Morgan fingerprint density at radius 1 is 0.926 bits per heavy atom. The number of carbonyl (C=O) groups excluding carboxylic acids is 2. The lowest BCUT2D eigenvalue weighted by molar-refractivity contribution is -0.117. The van der Waals surface area contributed by atoms with Crippen molar-refractivity contribution < 1.29 is 9.59 Å². The van der Waals surface area contributed by atoms with Crippen LogP contribution in [0.2, 0.25) is 0 Å². The quantitative estimate of drug-likeness (QED) is 0.747. The molecule has 138 valence electrons. The number of fused-ring (bicyclic) bond motifs is 1. The molecule has 0 spiro atoms. The zero-order valence-electron chi connectivity index (χ0n) is 15.5. The van der Waals surface area contributed by atoms with E-state index in [1.165, 1.54) is 11.5 Å². The van der Waals surface area contributed by atoms with E-state index >= 15 is 0 Å². The molecule has 0 aliphatic rings. The van der Waals surface area contributed by atoms with Crippen molar-refractivity contribution in [1.82, 2.24) is 4.57 Å². The largest absolute Gasteiger partial charge is 0.326 e. The van der Waals surface area contributed by atoms with Gasteiger partial charge in [-0.15, -0.1) is 0 Å². The first-order valence-electron chi connectivity index (χ1n) is 8.62. The van der Waals surface area contributed by atoms with Gasteiger partial charge >= 0.3 is 0 Å². The molecule has 6 heteroatoms. The number of amides is 2. The smallest absolute Gasteiger partial charge is 0.251 e. The van der Waals surface area contributed by atoms with E-state index in [4.69, 9.17) is 0 Å². The molecule has 6 nitrogen and oxygen atoms in total. The van der Waals surface area contributed by atoms with Gasteiger partial charge in [-0.25, -0.2) is 0 Å². The third-order valence-corrected chi connectivity index (χ3v) is 4.33. The van der Waals surface area contributed by atoms with Crippen molar-refractivity contribution in [3.05, 3.63) is 70.0 Å². The van der Waals surface area contributed by atoms with Crippen LogP contribution >= 0.6 is 0 Å². The fraction of sp³-hybridized carbons (Fsp3) is 0.190. The van der Waals surface area contributed by atoms with Gasteiger partial charge in [0.05, 0.1) is 5.52 Å². The Balaban J connectivity index is 1.84. The molecular weight excluding hydrogens is 342 g/mol. The van der Waals surface area contributed by atoms with Gasteiger partial charge in [-0.1, -0.05) is 18.2 Å². The van der Waals surface area contributed by atoms with Crippen molar-refractivity contribution in [2.75, 3.05) is 10.6 Å². The number of nitrogens with one attached hydrogen (secondary N) is 2. The van der Waals surface area contributed by atoms with Gasteiger partial charge in [-0.3, -0.25) is 19.0 Å². The summed E-state index contributed by atoms with van der Waals surface area (Å²) in [5, 5.41) is 6.41. The van der Waals surface area contributed by atoms with E-state index in [2.05, 4.69) is 10.6 Å². The van der Waals surface area contributed by atoms with Gasteiger partial charge < -0.3 is 10.6 Å². The van der Waals surface area contributed by atoms with Crippen LogP contribution in [-0.2, 0) is 16.1 Å². The summed E-state index contributed by atoms with van der Waals surface area (Å²) < 4.78 is 1.50. The number of hydrogen-bond donors (Lipinski definition) is 2. The van der Waals surface area contributed by atoms with E-state index in [1.54, 1.807) is 30.3 Å². The number of rotatable bonds is 4. The number of benzene rings is 2. The standard InChI is InChI=1S/C21H21N3O3/c1-13-5-4-6-18-14(2)11-20(27)24(21(13)18)12-19(26)23-17-9-7-16(8-10-17)22-15(3)25/h4-11H,12H2,1-3H3,(H,22,25)(H,23,26). The Labute approximate surface area is 156 Å². The number of hydrogen-bond acceptors (Lipinski definition) is 3. The Hall–Kier alpha value is -3.41. The Bertz CT molecular complexity index is 1080. The third kappa shape index (κ3) is 4.06. The second-order valence-corrected chi connectivity index (χ2v) is 6.53. The first kappa shape index (κ1) is 18.4. The van der Waals surface area contributed by atoms with Crippen LogP contribution in [0.1, 0.15) is 18.1 Å². The van der Waals surface area contributed by atoms with Crippen LogP contribution in [0.15, 0.2) is 53.3 Å². The highest BCUT2D eigenvalue weighted by Crippen LogP contribution is 2.20. The number of anilines is 2. The van der Waals surface area contributed by atoms with Crippen LogP contribution in [0.4, 0.5) is 11.4 Å². The number of nitrogens with zero attached hydrogens (tertiary/aromatic N) is 1. The highest BCUT2D eigenvalue weighted by molar-refractivity contribution is 5.93. The average molecular weight is 363 g/mol. The molecule has 0 saturated heterocycles. The number of aryl methyl sites for hydroxylation is 2. The summed E-state index contributed by atoms with van der Waals surface area (Å²) in [6.45, 7) is 5.18. The number of carbonyl (C=O) groups is 2. The molecule has 0 unspecified atom stereocenters. The maximum absolute atomic E-state index is 12.5. The molecule has 0 bridgehead atoms. The molecule has 3 rings (SSSR count). The zero-order chi connectivity index (χ0) is 19.6. The summed E-state index contributed by atoms with van der Waals surface area (Å²) in [5.41, 5.74) is 3.65. The van der Waals surface area contributed by atoms with Crippen LogP contribution in [0.5, 0.6) is 0 Å². The fourth-order valence-corrected chi connectivity index (χ4v) is 3.13. The first-order chi connectivity index (χ1) is 12.8. The molecule has 0 aliphatic carbocycles. The molecule has 0 saturated carbocycles.